The fourth-order valence-corrected chi connectivity index (χ4v) is 1.23. The summed E-state index contributed by atoms with van der Waals surface area (Å²) in [6, 6.07) is 7.27. The van der Waals surface area contributed by atoms with Crippen molar-refractivity contribution >= 4 is 21.9 Å². The lowest BCUT2D eigenvalue weighted by Crippen LogP contribution is -2.18. The third kappa shape index (κ3) is 4.83. The maximum Gasteiger partial charge on any atom is 0.344 e. The topological polar surface area (TPSA) is 35.5 Å². The zero-order valence-corrected chi connectivity index (χ0v) is 10.3. The maximum atomic E-state index is 11.1. The number of ether oxygens (including phenoxy) is 2. The van der Waals surface area contributed by atoms with Crippen LogP contribution in [0.3, 0.4) is 0 Å². The molecule has 0 atom stereocenters. The Hall–Kier alpha value is -1.03. The highest BCUT2D eigenvalue weighted by atomic mass is 79.9. The third-order valence-electron chi connectivity index (χ3n) is 1.54. The van der Waals surface area contributed by atoms with Crippen LogP contribution in [-0.2, 0) is 9.53 Å². The van der Waals surface area contributed by atoms with Crippen molar-refractivity contribution in [2.45, 2.75) is 20.0 Å². The van der Waals surface area contributed by atoms with Crippen LogP contribution in [0.5, 0.6) is 5.75 Å². The Balaban J connectivity index is 2.37. The van der Waals surface area contributed by atoms with Crippen LogP contribution >= 0.6 is 15.9 Å². The molecule has 0 amide bonds. The second kappa shape index (κ2) is 5.75. The van der Waals surface area contributed by atoms with E-state index in [0.29, 0.717) is 5.75 Å². The second-order valence-electron chi connectivity index (χ2n) is 3.28. The van der Waals surface area contributed by atoms with E-state index in [1.807, 2.05) is 12.1 Å². The average Bonchev–Trinajstić information content (AvgIpc) is 2.16. The molecule has 0 spiro atoms. The van der Waals surface area contributed by atoms with Gasteiger partial charge in [0, 0.05) is 4.47 Å². The van der Waals surface area contributed by atoms with Gasteiger partial charge in [-0.1, -0.05) is 15.9 Å². The largest absolute Gasteiger partial charge is 0.482 e. The molecule has 0 aromatic heterocycles. The van der Waals surface area contributed by atoms with Gasteiger partial charge in [-0.2, -0.15) is 0 Å². The Kier molecular flexibility index (Phi) is 4.62. The van der Waals surface area contributed by atoms with Crippen molar-refractivity contribution in [2.24, 2.45) is 0 Å². The van der Waals surface area contributed by atoms with E-state index in [0.717, 1.165) is 4.47 Å². The molecule has 1 aromatic carbocycles. The molecule has 0 heterocycles. The summed E-state index contributed by atoms with van der Waals surface area (Å²) in [5.74, 6) is 0.298. The first-order valence-corrected chi connectivity index (χ1v) is 5.45. The normalized spacial score (nSPS) is 10.1. The predicted octanol–water partition coefficient (Wildman–Crippen LogP) is 2.78. The van der Waals surface area contributed by atoms with Crippen LogP contribution in [0, 0.1) is 0 Å². The highest BCUT2D eigenvalue weighted by Gasteiger charge is 2.05. The first-order chi connectivity index (χ1) is 7.08. The Morgan fingerprint density at radius 1 is 1.33 bits per heavy atom. The molecule has 0 aliphatic heterocycles. The molecule has 3 nitrogen and oxygen atoms in total. The molecule has 0 aliphatic rings. The minimum atomic E-state index is -0.354. The number of rotatable bonds is 4. The van der Waals surface area contributed by atoms with Gasteiger partial charge in [-0.25, -0.2) is 4.79 Å². The fourth-order valence-electron chi connectivity index (χ4n) is 0.970. The third-order valence-corrected chi connectivity index (χ3v) is 2.07. The van der Waals surface area contributed by atoms with Gasteiger partial charge in [0.25, 0.3) is 0 Å². The van der Waals surface area contributed by atoms with Gasteiger partial charge in [-0.15, -0.1) is 0 Å². The molecule has 4 heteroatoms. The molecule has 0 bridgehead atoms. The van der Waals surface area contributed by atoms with E-state index < -0.39 is 0 Å². The second-order valence-corrected chi connectivity index (χ2v) is 4.20. The number of carbonyl (C=O) groups is 1. The van der Waals surface area contributed by atoms with Crippen LogP contribution in [0.4, 0.5) is 0 Å². The summed E-state index contributed by atoms with van der Waals surface area (Å²) in [5.41, 5.74) is 0. The number of esters is 1. The molecule has 1 aromatic rings. The van der Waals surface area contributed by atoms with Crippen LogP contribution < -0.4 is 4.74 Å². The Morgan fingerprint density at radius 3 is 2.47 bits per heavy atom. The minimum Gasteiger partial charge on any atom is -0.482 e. The molecule has 15 heavy (non-hydrogen) atoms. The van der Waals surface area contributed by atoms with Crippen molar-refractivity contribution in [1.82, 2.24) is 0 Å². The van der Waals surface area contributed by atoms with Gasteiger partial charge < -0.3 is 9.47 Å². The van der Waals surface area contributed by atoms with Gasteiger partial charge in [0.2, 0.25) is 0 Å². The van der Waals surface area contributed by atoms with Crippen LogP contribution in [0.1, 0.15) is 13.8 Å². The summed E-state index contributed by atoms with van der Waals surface area (Å²) in [5, 5.41) is 0. The van der Waals surface area contributed by atoms with E-state index >= 15 is 0 Å². The highest BCUT2D eigenvalue weighted by Crippen LogP contribution is 2.15. The Labute approximate surface area is 97.5 Å². The van der Waals surface area contributed by atoms with Crippen molar-refractivity contribution in [2.75, 3.05) is 6.61 Å². The lowest BCUT2D eigenvalue weighted by Gasteiger charge is -2.09. The summed E-state index contributed by atoms with van der Waals surface area (Å²) in [4.78, 5) is 11.1. The predicted molar refractivity (Wildman–Crippen MR) is 60.9 cm³/mol. The maximum absolute atomic E-state index is 11.1. The van der Waals surface area contributed by atoms with Crippen molar-refractivity contribution in [3.05, 3.63) is 28.7 Å². The Bertz CT molecular complexity index is 319. The monoisotopic (exact) mass is 272 g/mol. The van der Waals surface area contributed by atoms with Gasteiger partial charge in [0.15, 0.2) is 6.61 Å². The van der Waals surface area contributed by atoms with Crippen LogP contribution in [0.25, 0.3) is 0 Å². The number of hydrogen-bond donors (Lipinski definition) is 0. The van der Waals surface area contributed by atoms with Crippen molar-refractivity contribution in [3.63, 3.8) is 0 Å². The summed E-state index contributed by atoms with van der Waals surface area (Å²) in [7, 11) is 0. The summed E-state index contributed by atoms with van der Waals surface area (Å²) in [6.45, 7) is 3.55. The summed E-state index contributed by atoms with van der Waals surface area (Å²) >= 11 is 3.31. The number of benzene rings is 1. The smallest absolute Gasteiger partial charge is 0.344 e. The standard InChI is InChI=1S/C11H13BrO3/c1-8(2)15-11(13)7-14-10-5-3-9(12)4-6-10/h3-6,8H,7H2,1-2H3. The van der Waals surface area contributed by atoms with Gasteiger partial charge in [-0.3, -0.25) is 0 Å². The fraction of sp³-hybridized carbons (Fsp3) is 0.364. The molecule has 1 rings (SSSR count). The highest BCUT2D eigenvalue weighted by molar-refractivity contribution is 9.10. The molecule has 0 saturated heterocycles. The molecule has 0 N–H and O–H groups in total. The van der Waals surface area contributed by atoms with E-state index in [9.17, 15) is 4.79 Å². The first-order valence-electron chi connectivity index (χ1n) is 4.66. The van der Waals surface area contributed by atoms with E-state index in [1.54, 1.807) is 26.0 Å². The van der Waals surface area contributed by atoms with Gasteiger partial charge >= 0.3 is 5.97 Å². The van der Waals surface area contributed by atoms with E-state index in [4.69, 9.17) is 9.47 Å². The lowest BCUT2D eigenvalue weighted by atomic mass is 10.3. The zero-order chi connectivity index (χ0) is 11.3. The quantitative estimate of drug-likeness (QED) is 0.791. The molecule has 0 aliphatic carbocycles. The van der Waals surface area contributed by atoms with Crippen molar-refractivity contribution in [3.8, 4) is 5.75 Å². The van der Waals surface area contributed by atoms with Gasteiger partial charge in [-0.05, 0) is 38.1 Å². The number of carbonyl (C=O) groups excluding carboxylic acids is 1. The van der Waals surface area contributed by atoms with Crippen molar-refractivity contribution in [1.29, 1.82) is 0 Å². The van der Waals surface area contributed by atoms with E-state index in [2.05, 4.69) is 15.9 Å². The molecule has 0 radical (unpaired) electrons. The molecular formula is C11H13BrO3. The SMILES string of the molecule is CC(C)OC(=O)COc1ccc(Br)cc1. The molecular weight excluding hydrogens is 260 g/mol. The molecule has 0 saturated carbocycles. The van der Waals surface area contributed by atoms with Crippen LogP contribution in [0.15, 0.2) is 28.7 Å². The first kappa shape index (κ1) is 12.0. The van der Waals surface area contributed by atoms with Gasteiger partial charge in [0.05, 0.1) is 6.10 Å². The van der Waals surface area contributed by atoms with Crippen molar-refractivity contribution < 1.29 is 14.3 Å². The van der Waals surface area contributed by atoms with E-state index in [-0.39, 0.29) is 18.7 Å². The molecule has 0 unspecified atom stereocenters. The Morgan fingerprint density at radius 2 is 1.93 bits per heavy atom. The summed E-state index contributed by atoms with van der Waals surface area (Å²) in [6.07, 6.45) is -0.106. The van der Waals surface area contributed by atoms with Crippen LogP contribution in [0.2, 0.25) is 0 Å². The van der Waals surface area contributed by atoms with E-state index in [1.165, 1.54) is 0 Å². The zero-order valence-electron chi connectivity index (χ0n) is 8.70. The lowest BCUT2D eigenvalue weighted by molar-refractivity contribution is -0.149. The summed E-state index contributed by atoms with van der Waals surface area (Å²) < 4.78 is 11.1. The van der Waals surface area contributed by atoms with Crippen LogP contribution in [-0.4, -0.2) is 18.7 Å². The molecule has 82 valence electrons. The molecule has 0 fully saturated rings. The number of halogens is 1. The van der Waals surface area contributed by atoms with Gasteiger partial charge in [0.1, 0.15) is 5.75 Å². The average molecular weight is 273 g/mol. The number of hydrogen-bond acceptors (Lipinski definition) is 3. The minimum absolute atomic E-state index is 0.0557.